The molecular formula is C11H24N2OS. The van der Waals surface area contributed by atoms with E-state index < -0.39 is 0 Å². The molecule has 0 aromatic carbocycles. The molecule has 1 atom stereocenters. The van der Waals surface area contributed by atoms with Crippen molar-refractivity contribution >= 4 is 11.8 Å². The lowest BCUT2D eigenvalue weighted by Gasteiger charge is -2.40. The van der Waals surface area contributed by atoms with Gasteiger partial charge in [0, 0.05) is 38.1 Å². The second-order valence-electron chi connectivity index (χ2n) is 4.40. The third-order valence-electron chi connectivity index (χ3n) is 3.27. The maximum atomic E-state index is 5.93. The summed E-state index contributed by atoms with van der Waals surface area (Å²) < 4.78 is 5.17. The van der Waals surface area contributed by atoms with E-state index in [0.29, 0.717) is 0 Å². The Balaban J connectivity index is 2.52. The molecule has 0 radical (unpaired) electrons. The second-order valence-corrected chi connectivity index (χ2v) is 5.62. The van der Waals surface area contributed by atoms with E-state index in [0.717, 1.165) is 19.6 Å². The zero-order valence-corrected chi connectivity index (χ0v) is 10.8. The van der Waals surface area contributed by atoms with Gasteiger partial charge in [-0.25, -0.2) is 0 Å². The molecule has 0 aromatic rings. The molecule has 0 saturated carbocycles. The Kier molecular flexibility index (Phi) is 5.97. The minimum atomic E-state index is 0.126. The highest BCUT2D eigenvalue weighted by molar-refractivity contribution is 7.99. The van der Waals surface area contributed by atoms with Crippen LogP contribution in [0.15, 0.2) is 0 Å². The van der Waals surface area contributed by atoms with Crippen LogP contribution < -0.4 is 5.73 Å². The van der Waals surface area contributed by atoms with Crippen molar-refractivity contribution in [2.24, 2.45) is 5.73 Å². The Morgan fingerprint density at radius 2 is 2.20 bits per heavy atom. The summed E-state index contributed by atoms with van der Waals surface area (Å²) in [7, 11) is 1.76. The number of nitrogens with two attached hydrogens (primary N) is 1. The lowest BCUT2D eigenvalue weighted by molar-refractivity contribution is 0.0747. The Bertz CT molecular complexity index is 172. The predicted octanol–water partition coefficient (Wildman–Crippen LogP) is 1.18. The molecule has 1 fully saturated rings. The average Bonchev–Trinajstić information content (AvgIpc) is 2.54. The molecule has 15 heavy (non-hydrogen) atoms. The fourth-order valence-electron chi connectivity index (χ4n) is 2.00. The molecule has 4 heteroatoms. The third-order valence-corrected chi connectivity index (χ3v) is 4.32. The molecular weight excluding hydrogens is 208 g/mol. The van der Waals surface area contributed by atoms with E-state index >= 15 is 0 Å². The highest BCUT2D eigenvalue weighted by Gasteiger charge is 2.30. The van der Waals surface area contributed by atoms with Crippen LogP contribution in [0.5, 0.6) is 0 Å². The second kappa shape index (κ2) is 6.74. The summed E-state index contributed by atoms with van der Waals surface area (Å²) in [5, 5.41) is 0. The summed E-state index contributed by atoms with van der Waals surface area (Å²) >= 11 is 2.06. The zero-order valence-electron chi connectivity index (χ0n) is 10.00. The van der Waals surface area contributed by atoms with E-state index in [-0.39, 0.29) is 5.54 Å². The molecule has 1 saturated heterocycles. The summed E-state index contributed by atoms with van der Waals surface area (Å²) in [5.74, 6) is 2.53. The first kappa shape index (κ1) is 13.3. The number of thioether (sulfide) groups is 1. The molecule has 0 amide bonds. The highest BCUT2D eigenvalue weighted by atomic mass is 32.2. The van der Waals surface area contributed by atoms with Gasteiger partial charge in [-0.1, -0.05) is 0 Å². The smallest absolute Gasteiger partial charge is 0.0480 e. The monoisotopic (exact) mass is 232 g/mol. The van der Waals surface area contributed by atoms with Crippen LogP contribution in [0.4, 0.5) is 0 Å². The first-order chi connectivity index (χ1) is 7.23. The molecule has 3 nitrogen and oxygen atoms in total. The van der Waals surface area contributed by atoms with Crippen LogP contribution >= 0.6 is 11.8 Å². The fraction of sp³-hybridized carbons (Fsp3) is 1.00. The quantitative estimate of drug-likeness (QED) is 0.772. The molecule has 0 spiro atoms. The van der Waals surface area contributed by atoms with Gasteiger partial charge in [0.25, 0.3) is 0 Å². The van der Waals surface area contributed by atoms with Crippen molar-refractivity contribution in [1.29, 1.82) is 0 Å². The molecule has 0 aromatic heterocycles. The molecule has 1 aliphatic rings. The third kappa shape index (κ3) is 3.94. The van der Waals surface area contributed by atoms with E-state index in [1.165, 1.54) is 31.0 Å². The Hall–Kier alpha value is 0.230. The largest absolute Gasteiger partial charge is 0.385 e. The number of rotatable bonds is 5. The van der Waals surface area contributed by atoms with Crippen LogP contribution in [0.3, 0.4) is 0 Å². The topological polar surface area (TPSA) is 38.5 Å². The van der Waals surface area contributed by atoms with Crippen LogP contribution in [0.2, 0.25) is 0 Å². The molecule has 2 N–H and O–H groups in total. The van der Waals surface area contributed by atoms with E-state index in [1.807, 2.05) is 0 Å². The Labute approximate surface area is 97.7 Å². The fourth-order valence-corrected chi connectivity index (χ4v) is 2.88. The first-order valence-corrected chi connectivity index (χ1v) is 6.90. The lowest BCUT2D eigenvalue weighted by Crippen LogP contribution is -2.53. The Morgan fingerprint density at radius 3 is 2.87 bits per heavy atom. The van der Waals surface area contributed by atoms with E-state index in [1.54, 1.807) is 7.11 Å². The lowest BCUT2D eigenvalue weighted by atomic mass is 9.95. The van der Waals surface area contributed by atoms with Crippen molar-refractivity contribution in [3.05, 3.63) is 0 Å². The van der Waals surface area contributed by atoms with Gasteiger partial charge in [-0.2, -0.15) is 11.8 Å². The van der Waals surface area contributed by atoms with Crippen LogP contribution in [-0.4, -0.2) is 55.3 Å². The van der Waals surface area contributed by atoms with E-state index in [9.17, 15) is 0 Å². The summed E-state index contributed by atoms with van der Waals surface area (Å²) in [6.07, 6.45) is 2.32. The van der Waals surface area contributed by atoms with Gasteiger partial charge in [-0.15, -0.1) is 0 Å². The first-order valence-electron chi connectivity index (χ1n) is 5.75. The number of hydrogen-bond acceptors (Lipinski definition) is 4. The van der Waals surface area contributed by atoms with Gasteiger partial charge in [0.05, 0.1) is 0 Å². The van der Waals surface area contributed by atoms with Crippen molar-refractivity contribution in [2.75, 3.05) is 44.9 Å². The number of hydrogen-bond donors (Lipinski definition) is 1. The predicted molar refractivity (Wildman–Crippen MR) is 67.5 cm³/mol. The van der Waals surface area contributed by atoms with Gasteiger partial charge in [-0.3, -0.25) is 4.90 Å². The average molecular weight is 232 g/mol. The normalized spacial score (nSPS) is 23.4. The molecule has 1 heterocycles. The van der Waals surface area contributed by atoms with Crippen molar-refractivity contribution in [1.82, 2.24) is 4.90 Å². The summed E-state index contributed by atoms with van der Waals surface area (Å²) in [5.41, 5.74) is 6.05. The van der Waals surface area contributed by atoms with Gasteiger partial charge in [0.15, 0.2) is 0 Å². The van der Waals surface area contributed by atoms with Gasteiger partial charge in [0.2, 0.25) is 0 Å². The van der Waals surface area contributed by atoms with Crippen LogP contribution in [0, 0.1) is 0 Å². The van der Waals surface area contributed by atoms with E-state index in [4.69, 9.17) is 10.5 Å². The molecule has 0 bridgehead atoms. The Morgan fingerprint density at radius 1 is 1.40 bits per heavy atom. The number of ether oxygens (including phenoxy) is 1. The van der Waals surface area contributed by atoms with E-state index in [2.05, 4.69) is 23.6 Å². The van der Waals surface area contributed by atoms with Gasteiger partial charge < -0.3 is 10.5 Å². The summed E-state index contributed by atoms with van der Waals surface area (Å²) in [6.45, 7) is 6.15. The van der Waals surface area contributed by atoms with Gasteiger partial charge in [-0.05, 0) is 32.1 Å². The van der Waals surface area contributed by atoms with Crippen LogP contribution in [0.25, 0.3) is 0 Å². The van der Waals surface area contributed by atoms with Crippen LogP contribution in [-0.2, 0) is 4.74 Å². The SMILES string of the molecule is COCCC(C)(CN)N1CCCSCC1. The molecule has 1 aliphatic heterocycles. The standard InChI is InChI=1S/C11H24N2OS/c1-11(10-12,4-7-14-2)13-5-3-8-15-9-6-13/h3-10,12H2,1-2H3. The number of methoxy groups -OCH3 is 1. The van der Waals surface area contributed by atoms with Crippen molar-refractivity contribution in [3.63, 3.8) is 0 Å². The molecule has 1 rings (SSSR count). The minimum absolute atomic E-state index is 0.126. The van der Waals surface area contributed by atoms with Crippen molar-refractivity contribution in [3.8, 4) is 0 Å². The maximum absolute atomic E-state index is 5.93. The highest BCUT2D eigenvalue weighted by Crippen LogP contribution is 2.22. The maximum Gasteiger partial charge on any atom is 0.0480 e. The zero-order chi connectivity index (χ0) is 11.1. The van der Waals surface area contributed by atoms with Crippen molar-refractivity contribution in [2.45, 2.75) is 25.3 Å². The van der Waals surface area contributed by atoms with Gasteiger partial charge in [0.1, 0.15) is 0 Å². The van der Waals surface area contributed by atoms with Crippen LogP contribution in [0.1, 0.15) is 19.8 Å². The summed E-state index contributed by atoms with van der Waals surface area (Å²) in [6, 6.07) is 0. The molecule has 0 aliphatic carbocycles. The number of nitrogens with zero attached hydrogens (tertiary/aromatic N) is 1. The molecule has 1 unspecified atom stereocenters. The van der Waals surface area contributed by atoms with Crippen molar-refractivity contribution < 1.29 is 4.74 Å². The van der Waals surface area contributed by atoms with Gasteiger partial charge >= 0.3 is 0 Å². The summed E-state index contributed by atoms with van der Waals surface area (Å²) in [4.78, 5) is 2.55. The molecule has 90 valence electrons. The minimum Gasteiger partial charge on any atom is -0.385 e.